The highest BCUT2D eigenvalue weighted by molar-refractivity contribution is 7.72. The lowest BCUT2D eigenvalue weighted by atomic mass is 9.92. The van der Waals surface area contributed by atoms with E-state index in [-0.39, 0.29) is 39.9 Å². The summed E-state index contributed by atoms with van der Waals surface area (Å²) >= 11 is 0. The minimum atomic E-state index is -2.72. The van der Waals surface area contributed by atoms with Crippen LogP contribution in [0, 0.1) is 5.92 Å². The number of carbonyl (C=O) groups is 3. The van der Waals surface area contributed by atoms with Gasteiger partial charge in [0.25, 0.3) is 5.91 Å². The predicted molar refractivity (Wildman–Crippen MR) is 169 cm³/mol. The van der Waals surface area contributed by atoms with E-state index in [1.165, 1.54) is 18.3 Å². The fraction of sp³-hybridized carbons (Fsp3) is 0.562. The Morgan fingerprint density at radius 1 is 0.956 bits per heavy atom. The zero-order chi connectivity index (χ0) is 32.1. The summed E-state index contributed by atoms with van der Waals surface area (Å²) in [7, 11) is -2.72. The first-order valence-corrected chi connectivity index (χ1v) is 16.8. The summed E-state index contributed by atoms with van der Waals surface area (Å²) in [4.78, 5) is 50.6. The average molecular weight is 642 g/mol. The molecule has 3 saturated heterocycles. The van der Waals surface area contributed by atoms with Crippen molar-refractivity contribution < 1.29 is 32.3 Å². The molecule has 3 amide bonds. The second-order valence-electron chi connectivity index (χ2n) is 12.8. The number of ether oxygens (including phenoxy) is 2. The van der Waals surface area contributed by atoms with Gasteiger partial charge in [0.05, 0.1) is 47.2 Å². The fourth-order valence-electron chi connectivity index (χ4n) is 6.24. The van der Waals surface area contributed by atoms with Crippen LogP contribution in [0.1, 0.15) is 56.8 Å². The van der Waals surface area contributed by atoms with Gasteiger partial charge in [-0.3, -0.25) is 24.8 Å². The molecule has 13 heteroatoms. The van der Waals surface area contributed by atoms with Gasteiger partial charge in [-0.25, -0.2) is 13.2 Å². The molecule has 0 saturated carbocycles. The largest absolute Gasteiger partial charge is 0.444 e. The summed E-state index contributed by atoms with van der Waals surface area (Å²) in [6, 6.07) is 8.16. The standard InChI is InChI=1S/C32H43N5O7S/c1-32(2,3)44-31(40)34-28-20-33-27(22-6-8-25(9-7-22)45(41)42)19-26(28)30(39)35-13-10-24(11-14-35)37-12-4-5-23(21-37)29(38)36-15-17-43-18-16-36/h6-9,19-20,23-24,45H,4-5,10-18,21H2,1-3H3,(H,34,40). The molecule has 2 aromatic rings. The normalized spacial score (nSPS) is 20.2. The first-order chi connectivity index (χ1) is 21.5. The van der Waals surface area contributed by atoms with Gasteiger partial charge in [0.1, 0.15) is 5.60 Å². The molecule has 1 N–H and O–H groups in total. The van der Waals surface area contributed by atoms with Gasteiger partial charge in [-0.05, 0) is 71.2 Å². The molecule has 3 aliphatic rings. The van der Waals surface area contributed by atoms with E-state index in [0.717, 1.165) is 38.8 Å². The van der Waals surface area contributed by atoms with Crippen LogP contribution in [-0.2, 0) is 25.0 Å². The minimum Gasteiger partial charge on any atom is -0.444 e. The quantitative estimate of drug-likeness (QED) is 0.456. The molecular weight excluding hydrogens is 598 g/mol. The summed E-state index contributed by atoms with van der Waals surface area (Å²) in [5, 5.41) is 2.69. The molecule has 1 aromatic heterocycles. The van der Waals surface area contributed by atoms with Gasteiger partial charge in [0, 0.05) is 44.3 Å². The number of morpholine rings is 1. The van der Waals surface area contributed by atoms with Crippen LogP contribution in [0.4, 0.5) is 10.5 Å². The molecule has 0 aliphatic carbocycles. The number of hydrogen-bond donors (Lipinski definition) is 2. The molecule has 1 atom stereocenters. The number of rotatable bonds is 6. The lowest BCUT2D eigenvalue weighted by Gasteiger charge is -2.43. The molecule has 12 nitrogen and oxygen atoms in total. The van der Waals surface area contributed by atoms with Gasteiger partial charge < -0.3 is 19.3 Å². The van der Waals surface area contributed by atoms with Crippen molar-refractivity contribution in [2.75, 3.05) is 57.8 Å². The third-order valence-corrected chi connectivity index (χ3v) is 9.26. The molecule has 0 spiro atoms. The molecule has 45 heavy (non-hydrogen) atoms. The predicted octanol–water partition coefficient (Wildman–Crippen LogP) is 3.24. The van der Waals surface area contributed by atoms with Crippen molar-refractivity contribution in [3.8, 4) is 11.3 Å². The number of amides is 3. The SMILES string of the molecule is CC(C)(C)OC(=O)Nc1cnc(-c2ccc([SH](=O)=O)cc2)cc1C(=O)N1CCC(N2CCCC(C(=O)N3CCOCC3)C2)CC1. The number of benzene rings is 1. The number of aromatic nitrogens is 1. The number of likely N-dealkylation sites (tertiary alicyclic amines) is 2. The summed E-state index contributed by atoms with van der Waals surface area (Å²) in [6.07, 6.45) is 4.18. The molecule has 3 aliphatic heterocycles. The zero-order valence-electron chi connectivity index (χ0n) is 26.2. The first kappa shape index (κ1) is 32.8. The minimum absolute atomic E-state index is 0.00318. The lowest BCUT2D eigenvalue weighted by molar-refractivity contribution is -0.141. The lowest BCUT2D eigenvalue weighted by Crippen LogP contribution is -2.53. The van der Waals surface area contributed by atoms with Gasteiger partial charge in [0.15, 0.2) is 10.7 Å². The Labute approximate surface area is 266 Å². The van der Waals surface area contributed by atoms with E-state index in [1.54, 1.807) is 43.9 Å². The van der Waals surface area contributed by atoms with Crippen LogP contribution in [0.5, 0.6) is 0 Å². The van der Waals surface area contributed by atoms with Crippen LogP contribution in [0.15, 0.2) is 41.4 Å². The van der Waals surface area contributed by atoms with Crippen molar-refractivity contribution in [3.63, 3.8) is 0 Å². The smallest absolute Gasteiger partial charge is 0.412 e. The highest BCUT2D eigenvalue weighted by atomic mass is 32.2. The summed E-state index contributed by atoms with van der Waals surface area (Å²) < 4.78 is 33.5. The van der Waals surface area contributed by atoms with E-state index < -0.39 is 22.4 Å². The third kappa shape index (κ3) is 8.39. The van der Waals surface area contributed by atoms with Crippen molar-refractivity contribution in [3.05, 3.63) is 42.1 Å². The number of hydrogen-bond acceptors (Lipinski definition) is 9. The highest BCUT2D eigenvalue weighted by Gasteiger charge is 2.35. The Hall–Kier alpha value is -3.55. The van der Waals surface area contributed by atoms with Crippen molar-refractivity contribution >= 4 is 34.3 Å². The van der Waals surface area contributed by atoms with Crippen LogP contribution in [0.25, 0.3) is 11.3 Å². The van der Waals surface area contributed by atoms with Crippen molar-refractivity contribution in [1.82, 2.24) is 19.7 Å². The monoisotopic (exact) mass is 641 g/mol. The van der Waals surface area contributed by atoms with Crippen molar-refractivity contribution in [1.29, 1.82) is 0 Å². The van der Waals surface area contributed by atoms with Gasteiger partial charge in [0.2, 0.25) is 5.91 Å². The molecule has 1 unspecified atom stereocenters. The molecule has 0 bridgehead atoms. The maximum atomic E-state index is 14.0. The van der Waals surface area contributed by atoms with Crippen LogP contribution in [0.3, 0.4) is 0 Å². The van der Waals surface area contributed by atoms with Crippen LogP contribution >= 0.6 is 0 Å². The van der Waals surface area contributed by atoms with Crippen LogP contribution in [-0.4, -0.2) is 110 Å². The number of nitrogens with one attached hydrogen (secondary N) is 1. The second kappa shape index (κ2) is 14.3. The Kier molecular flexibility index (Phi) is 10.4. The molecule has 1 aromatic carbocycles. The molecule has 3 fully saturated rings. The van der Waals surface area contributed by atoms with Crippen LogP contribution in [0.2, 0.25) is 0 Å². The fourth-order valence-corrected chi connectivity index (χ4v) is 6.64. The molecule has 4 heterocycles. The molecular formula is C32H43N5O7S. The second-order valence-corrected chi connectivity index (χ2v) is 13.9. The number of carbonyl (C=O) groups excluding carboxylic acids is 3. The van der Waals surface area contributed by atoms with E-state index in [4.69, 9.17) is 9.47 Å². The Bertz CT molecular complexity index is 1450. The summed E-state index contributed by atoms with van der Waals surface area (Å²) in [5.41, 5.74) is 0.893. The van der Waals surface area contributed by atoms with E-state index in [0.29, 0.717) is 50.7 Å². The van der Waals surface area contributed by atoms with Gasteiger partial charge >= 0.3 is 6.09 Å². The Balaban J connectivity index is 1.28. The number of thiol groups is 1. The summed E-state index contributed by atoms with van der Waals surface area (Å²) in [5.74, 6) is -0.0106. The maximum absolute atomic E-state index is 14.0. The number of piperidine rings is 2. The Morgan fingerprint density at radius 3 is 2.29 bits per heavy atom. The maximum Gasteiger partial charge on any atom is 0.412 e. The molecule has 0 radical (unpaired) electrons. The van der Waals surface area contributed by atoms with Gasteiger partial charge in [-0.1, -0.05) is 12.1 Å². The van der Waals surface area contributed by atoms with E-state index in [1.807, 2.05) is 4.90 Å². The first-order valence-electron chi connectivity index (χ1n) is 15.6. The van der Waals surface area contributed by atoms with Crippen molar-refractivity contribution in [2.45, 2.75) is 63.0 Å². The number of pyridine rings is 1. The van der Waals surface area contributed by atoms with Crippen molar-refractivity contribution in [2.24, 2.45) is 5.92 Å². The van der Waals surface area contributed by atoms with Crippen LogP contribution < -0.4 is 5.32 Å². The topological polar surface area (TPSA) is 138 Å². The average Bonchev–Trinajstić information content (AvgIpc) is 3.04. The zero-order valence-corrected chi connectivity index (χ0v) is 27.1. The third-order valence-electron chi connectivity index (χ3n) is 8.54. The molecule has 5 rings (SSSR count). The summed E-state index contributed by atoms with van der Waals surface area (Å²) in [6.45, 7) is 10.5. The van der Waals surface area contributed by atoms with Gasteiger partial charge in [-0.15, -0.1) is 0 Å². The number of nitrogens with zero attached hydrogens (tertiary/aromatic N) is 4. The highest BCUT2D eigenvalue weighted by Crippen LogP contribution is 2.29. The van der Waals surface area contributed by atoms with E-state index in [9.17, 15) is 22.8 Å². The van der Waals surface area contributed by atoms with E-state index in [2.05, 4.69) is 15.2 Å². The Morgan fingerprint density at radius 2 is 1.64 bits per heavy atom. The number of anilines is 1. The van der Waals surface area contributed by atoms with E-state index >= 15 is 0 Å². The molecule has 244 valence electrons. The van der Waals surface area contributed by atoms with Gasteiger partial charge in [-0.2, -0.15) is 0 Å².